The number of rotatable bonds is 2. The molecular formula is C20H26N2O. The van der Waals surface area contributed by atoms with E-state index in [1.807, 2.05) is 0 Å². The first-order valence-corrected chi connectivity index (χ1v) is 9.21. The van der Waals surface area contributed by atoms with E-state index in [0.29, 0.717) is 5.92 Å². The Bertz CT molecular complexity index is 749. The Hall–Kier alpha value is -1.48. The highest BCUT2D eigenvalue weighted by molar-refractivity contribution is 5.86. The molecular weight excluding hydrogens is 284 g/mol. The molecule has 1 N–H and O–H groups in total. The van der Waals surface area contributed by atoms with E-state index in [9.17, 15) is 0 Å². The van der Waals surface area contributed by atoms with Crippen LogP contribution in [0.1, 0.15) is 43.4 Å². The molecule has 1 aliphatic carbocycles. The van der Waals surface area contributed by atoms with Gasteiger partial charge in [0.15, 0.2) is 0 Å². The van der Waals surface area contributed by atoms with Crippen LogP contribution in [-0.2, 0) is 6.42 Å². The highest BCUT2D eigenvalue weighted by atomic mass is 16.5. The monoisotopic (exact) mass is 310 g/mol. The molecule has 0 amide bonds. The average molecular weight is 310 g/mol. The zero-order valence-corrected chi connectivity index (χ0v) is 14.1. The fourth-order valence-corrected chi connectivity index (χ4v) is 5.80. The number of aromatic amines is 1. The molecule has 3 nitrogen and oxygen atoms in total. The van der Waals surface area contributed by atoms with Crippen molar-refractivity contribution in [3.8, 4) is 5.75 Å². The van der Waals surface area contributed by atoms with Crippen LogP contribution < -0.4 is 4.74 Å². The van der Waals surface area contributed by atoms with Gasteiger partial charge in [-0.25, -0.2) is 0 Å². The third-order valence-electron chi connectivity index (χ3n) is 6.72. The molecule has 2 saturated heterocycles. The first-order chi connectivity index (χ1) is 11.3. The molecule has 122 valence electrons. The molecule has 4 aliphatic rings. The number of ether oxygens (including phenoxy) is 1. The summed E-state index contributed by atoms with van der Waals surface area (Å²) in [7, 11) is 1.76. The number of aromatic nitrogens is 1. The molecule has 4 bridgehead atoms. The summed E-state index contributed by atoms with van der Waals surface area (Å²) in [5.74, 6) is 3.48. The largest absolute Gasteiger partial charge is 0.497 e. The molecule has 3 fully saturated rings. The van der Waals surface area contributed by atoms with Gasteiger partial charge in [-0.2, -0.15) is 0 Å². The summed E-state index contributed by atoms with van der Waals surface area (Å²) in [6.07, 6.45) is 5.35. The zero-order chi connectivity index (χ0) is 15.6. The summed E-state index contributed by atoms with van der Waals surface area (Å²) >= 11 is 0. The number of piperidine rings is 2. The SMILES string of the molecule is CCC1C[C@H]2CC3c4[nH]c5ccc(OC)cc5c4CCN(C2)C13. The van der Waals surface area contributed by atoms with Crippen molar-refractivity contribution in [1.82, 2.24) is 9.88 Å². The van der Waals surface area contributed by atoms with E-state index in [-0.39, 0.29) is 0 Å². The van der Waals surface area contributed by atoms with Crippen molar-refractivity contribution in [2.24, 2.45) is 11.8 Å². The van der Waals surface area contributed by atoms with E-state index in [4.69, 9.17) is 4.74 Å². The van der Waals surface area contributed by atoms with E-state index in [0.717, 1.165) is 23.6 Å². The van der Waals surface area contributed by atoms with E-state index in [1.54, 1.807) is 18.4 Å². The highest BCUT2D eigenvalue weighted by Crippen LogP contribution is 2.51. The normalized spacial score (nSPS) is 35.1. The van der Waals surface area contributed by atoms with Crippen LogP contribution in [0.5, 0.6) is 5.75 Å². The van der Waals surface area contributed by atoms with Gasteiger partial charge in [-0.3, -0.25) is 4.90 Å². The second kappa shape index (κ2) is 5.01. The molecule has 4 unspecified atom stereocenters. The van der Waals surface area contributed by atoms with E-state index >= 15 is 0 Å². The maximum atomic E-state index is 5.46. The molecule has 2 aromatic rings. The van der Waals surface area contributed by atoms with Crippen molar-refractivity contribution < 1.29 is 4.74 Å². The molecule has 1 aromatic carbocycles. The van der Waals surface area contributed by atoms with Gasteiger partial charge in [-0.05, 0) is 54.9 Å². The van der Waals surface area contributed by atoms with Crippen molar-refractivity contribution in [3.63, 3.8) is 0 Å². The van der Waals surface area contributed by atoms with Crippen molar-refractivity contribution in [2.75, 3.05) is 20.2 Å². The maximum absolute atomic E-state index is 5.46. The quantitative estimate of drug-likeness (QED) is 0.910. The number of methoxy groups -OCH3 is 1. The van der Waals surface area contributed by atoms with Crippen LogP contribution in [0.15, 0.2) is 18.2 Å². The summed E-state index contributed by atoms with van der Waals surface area (Å²) in [4.78, 5) is 6.63. The zero-order valence-electron chi connectivity index (χ0n) is 14.1. The molecule has 23 heavy (non-hydrogen) atoms. The predicted octanol–water partition coefficient (Wildman–Crippen LogP) is 3.94. The van der Waals surface area contributed by atoms with Gasteiger partial charge in [-0.15, -0.1) is 0 Å². The van der Waals surface area contributed by atoms with E-state index in [2.05, 4.69) is 35.0 Å². The lowest BCUT2D eigenvalue weighted by molar-refractivity contribution is -0.0134. The molecule has 3 aliphatic heterocycles. The van der Waals surface area contributed by atoms with Crippen molar-refractivity contribution in [2.45, 2.75) is 44.6 Å². The minimum Gasteiger partial charge on any atom is -0.497 e. The van der Waals surface area contributed by atoms with Crippen LogP contribution in [0.4, 0.5) is 0 Å². The van der Waals surface area contributed by atoms with Gasteiger partial charge >= 0.3 is 0 Å². The number of H-pyrrole nitrogens is 1. The molecule has 1 aromatic heterocycles. The molecule has 3 heteroatoms. The minimum atomic E-state index is 0.711. The van der Waals surface area contributed by atoms with Gasteiger partial charge in [0.2, 0.25) is 0 Å². The van der Waals surface area contributed by atoms with Crippen LogP contribution in [0.25, 0.3) is 10.9 Å². The van der Waals surface area contributed by atoms with E-state index < -0.39 is 0 Å². The molecule has 0 radical (unpaired) electrons. The number of nitrogens with zero attached hydrogens (tertiary/aromatic N) is 1. The smallest absolute Gasteiger partial charge is 0.119 e. The van der Waals surface area contributed by atoms with Crippen molar-refractivity contribution in [3.05, 3.63) is 29.5 Å². The fourth-order valence-electron chi connectivity index (χ4n) is 5.80. The lowest BCUT2D eigenvalue weighted by atomic mass is 9.65. The lowest BCUT2D eigenvalue weighted by Gasteiger charge is -2.53. The van der Waals surface area contributed by atoms with Crippen LogP contribution in [-0.4, -0.2) is 36.1 Å². The van der Waals surface area contributed by atoms with Crippen LogP contribution >= 0.6 is 0 Å². The number of hydrogen-bond donors (Lipinski definition) is 1. The number of nitrogens with one attached hydrogen (secondary N) is 1. The van der Waals surface area contributed by atoms with Gasteiger partial charge in [0.25, 0.3) is 0 Å². The van der Waals surface area contributed by atoms with Crippen LogP contribution in [0, 0.1) is 11.8 Å². The lowest BCUT2D eigenvalue weighted by Crippen LogP contribution is -2.56. The third-order valence-corrected chi connectivity index (χ3v) is 6.72. The average Bonchev–Trinajstić information content (AvgIpc) is 2.92. The van der Waals surface area contributed by atoms with Crippen LogP contribution in [0.3, 0.4) is 0 Å². The Morgan fingerprint density at radius 2 is 2.22 bits per heavy atom. The molecule has 4 heterocycles. The topological polar surface area (TPSA) is 28.3 Å². The summed E-state index contributed by atoms with van der Waals surface area (Å²) in [5, 5.41) is 1.39. The minimum absolute atomic E-state index is 0.711. The number of benzene rings is 1. The Labute approximate surface area is 138 Å². The molecule has 0 spiro atoms. The summed E-state index contributed by atoms with van der Waals surface area (Å²) in [6.45, 7) is 4.95. The van der Waals surface area contributed by atoms with Crippen molar-refractivity contribution in [1.29, 1.82) is 0 Å². The highest BCUT2D eigenvalue weighted by Gasteiger charge is 2.48. The van der Waals surface area contributed by atoms with Gasteiger partial charge < -0.3 is 9.72 Å². The fraction of sp³-hybridized carbons (Fsp3) is 0.600. The Balaban J connectivity index is 1.66. The molecule has 6 rings (SSSR count). The second-order valence-corrected chi connectivity index (χ2v) is 7.78. The third kappa shape index (κ3) is 1.92. The van der Waals surface area contributed by atoms with Gasteiger partial charge in [0.05, 0.1) is 7.11 Å². The Kier molecular flexibility index (Phi) is 3.03. The second-order valence-electron chi connectivity index (χ2n) is 7.78. The van der Waals surface area contributed by atoms with Crippen molar-refractivity contribution >= 4 is 10.9 Å². The molecule has 1 saturated carbocycles. The van der Waals surface area contributed by atoms with Gasteiger partial charge in [-0.1, -0.05) is 13.3 Å². The number of fused-ring (bicyclic) bond motifs is 4. The van der Waals surface area contributed by atoms with E-state index in [1.165, 1.54) is 49.7 Å². The Morgan fingerprint density at radius 3 is 3.04 bits per heavy atom. The number of hydrogen-bond acceptors (Lipinski definition) is 2. The summed E-state index contributed by atoms with van der Waals surface area (Å²) in [6, 6.07) is 7.26. The summed E-state index contributed by atoms with van der Waals surface area (Å²) in [5.41, 5.74) is 4.40. The Morgan fingerprint density at radius 1 is 1.30 bits per heavy atom. The van der Waals surface area contributed by atoms with Gasteiger partial charge in [0, 0.05) is 41.6 Å². The summed E-state index contributed by atoms with van der Waals surface area (Å²) < 4.78 is 5.46. The van der Waals surface area contributed by atoms with Crippen LogP contribution in [0.2, 0.25) is 0 Å². The first-order valence-electron chi connectivity index (χ1n) is 9.21. The van der Waals surface area contributed by atoms with Gasteiger partial charge in [0.1, 0.15) is 5.75 Å². The maximum Gasteiger partial charge on any atom is 0.119 e. The molecule has 5 atom stereocenters. The first kappa shape index (κ1) is 13.9. The standard InChI is InChI=1S/C20H26N2O/c1-3-13-8-12-9-17-19-15(6-7-22(11-12)20(13)17)16-10-14(23-2)4-5-18(16)21-19/h4-5,10,12-13,17,20-21H,3,6-9,11H2,1-2H3/t12-,13?,17?,20?/m0/s1. The predicted molar refractivity (Wildman–Crippen MR) is 93.2 cm³/mol.